The summed E-state index contributed by atoms with van der Waals surface area (Å²) in [6.07, 6.45) is 3.04. The van der Waals surface area contributed by atoms with Crippen molar-refractivity contribution >= 4 is 23.6 Å². The molecule has 0 aromatic carbocycles. The van der Waals surface area contributed by atoms with Crippen molar-refractivity contribution in [3.8, 4) is 0 Å². The molecule has 0 spiro atoms. The zero-order chi connectivity index (χ0) is 17.9. The Hall–Kier alpha value is -2.74. The van der Waals surface area contributed by atoms with Crippen LogP contribution in [0.5, 0.6) is 0 Å². The Morgan fingerprint density at radius 3 is 2.62 bits per heavy atom. The minimum absolute atomic E-state index is 0.0643. The van der Waals surface area contributed by atoms with Crippen LogP contribution in [0.4, 0.5) is 0 Å². The number of piperidine rings is 1. The standard InChI is InChI=1S/C16H19N3O5/c1-3-9-13(10(4-2)17-7-8-20)16(24)19(15(9)23)11-5-6-12(21)18-14(11)22/h3-4,11,17,20H,2,5-8H2,1H3,(H,18,21,22)/b9-3+,13-10-. The van der Waals surface area contributed by atoms with E-state index in [1.807, 2.05) is 0 Å². The van der Waals surface area contributed by atoms with Crippen molar-refractivity contribution in [2.24, 2.45) is 0 Å². The van der Waals surface area contributed by atoms with Crippen molar-refractivity contribution in [1.29, 1.82) is 0 Å². The summed E-state index contributed by atoms with van der Waals surface area (Å²) in [5, 5.41) is 13.9. The minimum atomic E-state index is -1.01. The molecule has 128 valence electrons. The highest BCUT2D eigenvalue weighted by molar-refractivity contribution is 6.26. The Kier molecular flexibility index (Phi) is 5.30. The summed E-state index contributed by atoms with van der Waals surface area (Å²) < 4.78 is 0. The first-order valence-electron chi connectivity index (χ1n) is 7.56. The van der Waals surface area contributed by atoms with Crippen molar-refractivity contribution in [2.75, 3.05) is 13.2 Å². The molecule has 1 unspecified atom stereocenters. The molecule has 0 radical (unpaired) electrons. The molecule has 2 fully saturated rings. The largest absolute Gasteiger partial charge is 0.395 e. The summed E-state index contributed by atoms with van der Waals surface area (Å²) in [6, 6.07) is -1.01. The summed E-state index contributed by atoms with van der Waals surface area (Å²) in [6.45, 7) is 5.25. The van der Waals surface area contributed by atoms with Crippen molar-refractivity contribution in [3.63, 3.8) is 0 Å². The Morgan fingerprint density at radius 1 is 1.38 bits per heavy atom. The quantitative estimate of drug-likeness (QED) is 0.445. The van der Waals surface area contributed by atoms with E-state index in [4.69, 9.17) is 5.11 Å². The molecule has 0 bridgehead atoms. The lowest BCUT2D eigenvalue weighted by atomic mass is 10.0. The third kappa shape index (κ3) is 3.00. The van der Waals surface area contributed by atoms with E-state index in [-0.39, 0.29) is 37.1 Å². The SMILES string of the molecule is C=C/C(NCCO)=C1/C(=O)N(C2CCC(=O)NC2=O)C(=O)/C1=C/C. The van der Waals surface area contributed by atoms with Gasteiger partial charge in [0.15, 0.2) is 0 Å². The van der Waals surface area contributed by atoms with Crippen molar-refractivity contribution < 1.29 is 24.3 Å². The molecule has 2 heterocycles. The third-order valence-electron chi connectivity index (χ3n) is 3.86. The van der Waals surface area contributed by atoms with E-state index in [9.17, 15) is 19.2 Å². The van der Waals surface area contributed by atoms with Crippen molar-refractivity contribution in [1.82, 2.24) is 15.5 Å². The Labute approximate surface area is 138 Å². The van der Waals surface area contributed by atoms with Gasteiger partial charge in [-0.1, -0.05) is 12.7 Å². The van der Waals surface area contributed by atoms with Crippen LogP contribution in [0.1, 0.15) is 19.8 Å². The molecule has 8 heteroatoms. The number of imide groups is 2. The first kappa shape index (κ1) is 17.6. The van der Waals surface area contributed by atoms with Crippen LogP contribution >= 0.6 is 0 Å². The second kappa shape index (κ2) is 7.22. The summed E-state index contributed by atoms with van der Waals surface area (Å²) in [5.41, 5.74) is 0.575. The maximum atomic E-state index is 12.8. The number of nitrogens with one attached hydrogen (secondary N) is 2. The Balaban J connectivity index is 2.43. The monoisotopic (exact) mass is 333 g/mol. The number of aliphatic hydroxyl groups is 1. The number of rotatable bonds is 5. The lowest BCUT2D eigenvalue weighted by Crippen LogP contribution is -2.54. The molecule has 1 atom stereocenters. The van der Waals surface area contributed by atoms with E-state index in [0.717, 1.165) is 4.90 Å². The second-order valence-corrected chi connectivity index (χ2v) is 5.29. The van der Waals surface area contributed by atoms with Crippen LogP contribution in [0.3, 0.4) is 0 Å². The molecule has 0 aromatic heterocycles. The van der Waals surface area contributed by atoms with Gasteiger partial charge in [0.25, 0.3) is 11.8 Å². The number of likely N-dealkylation sites (tertiary alicyclic amines) is 1. The van der Waals surface area contributed by atoms with Gasteiger partial charge in [-0.2, -0.15) is 0 Å². The number of hydrogen-bond acceptors (Lipinski definition) is 6. The van der Waals surface area contributed by atoms with Gasteiger partial charge in [-0.25, -0.2) is 0 Å². The van der Waals surface area contributed by atoms with E-state index in [1.165, 1.54) is 12.2 Å². The van der Waals surface area contributed by atoms with Gasteiger partial charge in [-0.3, -0.25) is 29.4 Å². The van der Waals surface area contributed by atoms with Crippen LogP contribution in [0.2, 0.25) is 0 Å². The molecule has 2 aliphatic heterocycles. The van der Waals surface area contributed by atoms with E-state index in [0.29, 0.717) is 5.70 Å². The molecule has 0 aliphatic carbocycles. The lowest BCUT2D eigenvalue weighted by Gasteiger charge is -2.27. The van der Waals surface area contributed by atoms with Gasteiger partial charge in [0, 0.05) is 18.7 Å². The molecular weight excluding hydrogens is 314 g/mol. The fourth-order valence-corrected chi connectivity index (χ4v) is 2.76. The predicted molar refractivity (Wildman–Crippen MR) is 84.1 cm³/mol. The first-order valence-corrected chi connectivity index (χ1v) is 7.56. The van der Waals surface area contributed by atoms with E-state index in [1.54, 1.807) is 6.92 Å². The van der Waals surface area contributed by atoms with Gasteiger partial charge in [0.2, 0.25) is 11.8 Å². The van der Waals surface area contributed by atoms with E-state index >= 15 is 0 Å². The number of aliphatic hydroxyl groups excluding tert-OH is 1. The van der Waals surface area contributed by atoms with Crippen LogP contribution in [0.25, 0.3) is 0 Å². The highest BCUT2D eigenvalue weighted by atomic mass is 16.3. The number of allylic oxidation sites excluding steroid dienone is 2. The maximum absolute atomic E-state index is 12.8. The fourth-order valence-electron chi connectivity index (χ4n) is 2.76. The molecule has 2 aliphatic rings. The molecule has 0 saturated carbocycles. The van der Waals surface area contributed by atoms with Crippen LogP contribution in [0, 0.1) is 0 Å². The average Bonchev–Trinajstić information content (AvgIpc) is 2.79. The smallest absolute Gasteiger partial charge is 0.264 e. The molecule has 8 nitrogen and oxygen atoms in total. The summed E-state index contributed by atoms with van der Waals surface area (Å²) in [5.74, 6) is -2.29. The van der Waals surface area contributed by atoms with Crippen molar-refractivity contribution in [3.05, 3.63) is 35.6 Å². The number of nitrogens with zero attached hydrogens (tertiary/aromatic N) is 1. The van der Waals surface area contributed by atoms with Crippen LogP contribution in [-0.2, 0) is 19.2 Å². The summed E-state index contributed by atoms with van der Waals surface area (Å²) in [7, 11) is 0. The number of carbonyl (C=O) groups excluding carboxylic acids is 4. The van der Waals surface area contributed by atoms with E-state index in [2.05, 4.69) is 17.2 Å². The predicted octanol–water partition coefficient (Wildman–Crippen LogP) is -0.871. The van der Waals surface area contributed by atoms with Crippen molar-refractivity contribution in [2.45, 2.75) is 25.8 Å². The highest BCUT2D eigenvalue weighted by Crippen LogP contribution is 2.31. The van der Waals surface area contributed by atoms with Gasteiger partial charge in [0.1, 0.15) is 6.04 Å². The van der Waals surface area contributed by atoms with Crippen LogP contribution in [0.15, 0.2) is 35.6 Å². The normalized spacial score (nSPS) is 25.2. The van der Waals surface area contributed by atoms with Crippen LogP contribution < -0.4 is 10.6 Å². The molecule has 24 heavy (non-hydrogen) atoms. The fraction of sp³-hybridized carbons (Fsp3) is 0.375. The topological polar surface area (TPSA) is 116 Å². The zero-order valence-electron chi connectivity index (χ0n) is 13.3. The highest BCUT2D eigenvalue weighted by Gasteiger charge is 2.47. The van der Waals surface area contributed by atoms with Gasteiger partial charge >= 0.3 is 0 Å². The van der Waals surface area contributed by atoms with Gasteiger partial charge in [-0.05, 0) is 19.4 Å². The molecule has 4 amide bonds. The molecule has 0 aromatic rings. The summed E-state index contributed by atoms with van der Waals surface area (Å²) in [4.78, 5) is 49.5. The second-order valence-electron chi connectivity index (χ2n) is 5.29. The summed E-state index contributed by atoms with van der Waals surface area (Å²) >= 11 is 0. The Morgan fingerprint density at radius 2 is 2.08 bits per heavy atom. The minimum Gasteiger partial charge on any atom is -0.395 e. The number of hydrogen-bond donors (Lipinski definition) is 3. The third-order valence-corrected chi connectivity index (χ3v) is 3.86. The maximum Gasteiger partial charge on any atom is 0.264 e. The van der Waals surface area contributed by atoms with Gasteiger partial charge in [0.05, 0.1) is 17.8 Å². The number of carbonyl (C=O) groups is 4. The number of amides is 4. The van der Waals surface area contributed by atoms with Crippen LogP contribution in [-0.4, -0.2) is 52.8 Å². The zero-order valence-corrected chi connectivity index (χ0v) is 13.3. The lowest BCUT2D eigenvalue weighted by molar-refractivity contribution is -0.149. The first-order chi connectivity index (χ1) is 11.5. The molecule has 2 rings (SSSR count). The van der Waals surface area contributed by atoms with Gasteiger partial charge in [-0.15, -0.1) is 0 Å². The van der Waals surface area contributed by atoms with E-state index < -0.39 is 29.7 Å². The van der Waals surface area contributed by atoms with Gasteiger partial charge < -0.3 is 10.4 Å². The molecule has 3 N–H and O–H groups in total. The average molecular weight is 333 g/mol. The molecular formula is C16H19N3O5. The Bertz CT molecular complexity index is 677. The molecule has 2 saturated heterocycles.